The van der Waals surface area contributed by atoms with Crippen LogP contribution in [-0.4, -0.2) is 5.91 Å². The van der Waals surface area contributed by atoms with Crippen molar-refractivity contribution >= 4 is 23.0 Å². The molecule has 5 heteroatoms. The lowest BCUT2D eigenvalue weighted by Crippen LogP contribution is -2.36. The molecule has 1 aliphatic carbocycles. The van der Waals surface area contributed by atoms with Crippen LogP contribution in [0, 0.1) is 16.7 Å². The third kappa shape index (κ3) is 4.10. The zero-order valence-corrected chi connectivity index (χ0v) is 14.0. The molecule has 0 saturated heterocycles. The summed E-state index contributed by atoms with van der Waals surface area (Å²) in [6.45, 7) is 0. The van der Waals surface area contributed by atoms with Gasteiger partial charge in [0.15, 0.2) is 0 Å². The minimum Gasteiger partial charge on any atom is -0.325 e. The summed E-state index contributed by atoms with van der Waals surface area (Å²) in [6, 6.07) is 18.9. The number of carbonyl (C=O) groups excluding carboxylic acids is 1. The molecule has 0 aromatic heterocycles. The number of nitriles is 1. The quantitative estimate of drug-likeness (QED) is 0.749. The van der Waals surface area contributed by atoms with Gasteiger partial charge in [-0.05, 0) is 49.2 Å². The minimum atomic E-state index is -0.885. The molecular weight excluding hydrogens is 312 g/mol. The second kappa shape index (κ2) is 7.71. The van der Waals surface area contributed by atoms with Crippen molar-refractivity contribution in [3.8, 4) is 6.07 Å². The number of hydrogen-bond donors (Lipinski definition) is 1. The maximum Gasteiger partial charge on any atom is 0.244 e. The summed E-state index contributed by atoms with van der Waals surface area (Å²) in [7, 11) is 0. The molecule has 1 N–H and O–H groups in total. The third-order valence-corrected chi connectivity index (χ3v) is 4.52. The predicted molar refractivity (Wildman–Crippen MR) is 96.8 cm³/mol. The van der Waals surface area contributed by atoms with Crippen LogP contribution < -0.4 is 5.32 Å². The molecule has 1 fully saturated rings. The van der Waals surface area contributed by atoms with Gasteiger partial charge in [0.1, 0.15) is 5.41 Å². The van der Waals surface area contributed by atoms with Gasteiger partial charge in [-0.3, -0.25) is 4.79 Å². The standard InChI is InChI=1S/C20H20N4O/c21-15-20(13-5-2-6-14-20)19(25)22-16-9-11-18(12-10-16)24-23-17-7-3-1-4-8-17/h1,3-4,7-12H,2,5-6,13-14H2,(H,22,25). The molecule has 25 heavy (non-hydrogen) atoms. The number of nitrogens with zero attached hydrogens (tertiary/aromatic N) is 3. The van der Waals surface area contributed by atoms with E-state index in [-0.39, 0.29) is 5.91 Å². The average molecular weight is 332 g/mol. The lowest BCUT2D eigenvalue weighted by atomic mass is 9.74. The summed E-state index contributed by atoms with van der Waals surface area (Å²) in [5.74, 6) is -0.201. The van der Waals surface area contributed by atoms with Gasteiger partial charge < -0.3 is 5.32 Å². The van der Waals surface area contributed by atoms with Crippen LogP contribution in [0.2, 0.25) is 0 Å². The molecule has 1 saturated carbocycles. The maximum absolute atomic E-state index is 12.5. The monoisotopic (exact) mass is 332 g/mol. The summed E-state index contributed by atoms with van der Waals surface area (Å²) in [5.41, 5.74) is 1.27. The lowest BCUT2D eigenvalue weighted by Gasteiger charge is -2.29. The number of rotatable bonds is 4. The highest BCUT2D eigenvalue weighted by atomic mass is 16.2. The molecule has 1 amide bonds. The Morgan fingerprint density at radius 2 is 1.52 bits per heavy atom. The Labute approximate surface area is 147 Å². The molecule has 0 spiro atoms. The van der Waals surface area contributed by atoms with Gasteiger partial charge in [-0.1, -0.05) is 37.5 Å². The SMILES string of the molecule is N#CC1(C(=O)Nc2ccc(N=Nc3ccccc3)cc2)CCCCC1. The number of azo groups is 1. The van der Waals surface area contributed by atoms with E-state index in [4.69, 9.17) is 0 Å². The third-order valence-electron chi connectivity index (χ3n) is 4.52. The van der Waals surface area contributed by atoms with Crippen molar-refractivity contribution in [2.24, 2.45) is 15.6 Å². The number of nitrogens with one attached hydrogen (secondary N) is 1. The first-order valence-electron chi connectivity index (χ1n) is 8.51. The Hall–Kier alpha value is -3.00. The van der Waals surface area contributed by atoms with Crippen LogP contribution in [0.5, 0.6) is 0 Å². The van der Waals surface area contributed by atoms with Crippen molar-refractivity contribution in [2.75, 3.05) is 5.32 Å². The van der Waals surface area contributed by atoms with Gasteiger partial charge in [0.25, 0.3) is 0 Å². The Morgan fingerprint density at radius 3 is 2.12 bits per heavy atom. The molecule has 0 radical (unpaired) electrons. The minimum absolute atomic E-state index is 0.201. The molecule has 126 valence electrons. The number of hydrogen-bond acceptors (Lipinski definition) is 4. The van der Waals surface area contributed by atoms with Crippen LogP contribution in [0.4, 0.5) is 17.1 Å². The molecule has 0 unspecified atom stereocenters. The normalized spacial score (nSPS) is 16.3. The second-order valence-electron chi connectivity index (χ2n) is 6.29. The van der Waals surface area contributed by atoms with E-state index >= 15 is 0 Å². The average Bonchev–Trinajstić information content (AvgIpc) is 2.68. The first kappa shape index (κ1) is 16.8. The largest absolute Gasteiger partial charge is 0.325 e. The van der Waals surface area contributed by atoms with Gasteiger partial charge in [-0.15, -0.1) is 0 Å². The molecule has 3 rings (SSSR count). The summed E-state index contributed by atoms with van der Waals surface area (Å²) in [6.07, 6.45) is 4.23. The smallest absolute Gasteiger partial charge is 0.244 e. The van der Waals surface area contributed by atoms with Crippen molar-refractivity contribution in [2.45, 2.75) is 32.1 Å². The fourth-order valence-electron chi connectivity index (χ4n) is 3.02. The van der Waals surface area contributed by atoms with Gasteiger partial charge in [0.2, 0.25) is 5.91 Å². The lowest BCUT2D eigenvalue weighted by molar-refractivity contribution is -0.124. The topological polar surface area (TPSA) is 77.6 Å². The fourth-order valence-corrected chi connectivity index (χ4v) is 3.02. The van der Waals surface area contributed by atoms with Crippen molar-refractivity contribution in [3.63, 3.8) is 0 Å². The van der Waals surface area contributed by atoms with Gasteiger partial charge in [0.05, 0.1) is 17.4 Å². The van der Waals surface area contributed by atoms with Gasteiger partial charge in [-0.25, -0.2) is 0 Å². The van der Waals surface area contributed by atoms with E-state index in [9.17, 15) is 10.1 Å². The van der Waals surface area contributed by atoms with Crippen LogP contribution in [0.25, 0.3) is 0 Å². The van der Waals surface area contributed by atoms with E-state index in [2.05, 4.69) is 21.6 Å². The molecule has 0 aliphatic heterocycles. The number of carbonyl (C=O) groups is 1. The van der Waals surface area contributed by atoms with Crippen LogP contribution >= 0.6 is 0 Å². The van der Waals surface area contributed by atoms with Crippen molar-refractivity contribution in [1.29, 1.82) is 5.26 Å². The Kier molecular flexibility index (Phi) is 5.20. The first-order valence-corrected chi connectivity index (χ1v) is 8.51. The molecule has 1 aliphatic rings. The van der Waals surface area contributed by atoms with E-state index < -0.39 is 5.41 Å². The number of benzene rings is 2. The molecule has 2 aromatic carbocycles. The molecule has 0 bridgehead atoms. The highest BCUT2D eigenvalue weighted by molar-refractivity contribution is 5.97. The predicted octanol–water partition coefficient (Wildman–Crippen LogP) is 5.51. The van der Waals surface area contributed by atoms with Crippen molar-refractivity contribution in [1.82, 2.24) is 0 Å². The van der Waals surface area contributed by atoms with Gasteiger partial charge >= 0.3 is 0 Å². The Balaban J connectivity index is 1.65. The highest BCUT2D eigenvalue weighted by Gasteiger charge is 2.39. The van der Waals surface area contributed by atoms with E-state index in [0.717, 1.165) is 24.9 Å². The molecular formula is C20H20N4O. The fraction of sp³-hybridized carbons (Fsp3) is 0.300. The van der Waals surface area contributed by atoms with Gasteiger partial charge in [0, 0.05) is 5.69 Å². The Bertz CT molecular complexity index is 785. The highest BCUT2D eigenvalue weighted by Crippen LogP contribution is 2.36. The van der Waals surface area contributed by atoms with E-state index in [1.54, 1.807) is 24.3 Å². The zero-order valence-electron chi connectivity index (χ0n) is 14.0. The second-order valence-corrected chi connectivity index (χ2v) is 6.29. The molecule has 5 nitrogen and oxygen atoms in total. The van der Waals surface area contributed by atoms with Crippen LogP contribution in [0.15, 0.2) is 64.8 Å². The van der Waals surface area contributed by atoms with Crippen LogP contribution in [0.3, 0.4) is 0 Å². The van der Waals surface area contributed by atoms with Gasteiger partial charge in [-0.2, -0.15) is 15.5 Å². The Morgan fingerprint density at radius 1 is 0.920 bits per heavy atom. The summed E-state index contributed by atoms with van der Waals surface area (Å²) in [4.78, 5) is 12.5. The van der Waals surface area contributed by atoms with E-state index in [1.165, 1.54) is 0 Å². The van der Waals surface area contributed by atoms with Crippen molar-refractivity contribution < 1.29 is 4.79 Å². The van der Waals surface area contributed by atoms with Crippen LogP contribution in [0.1, 0.15) is 32.1 Å². The van der Waals surface area contributed by atoms with Crippen LogP contribution in [-0.2, 0) is 4.79 Å². The summed E-state index contributed by atoms with van der Waals surface area (Å²) < 4.78 is 0. The zero-order chi connectivity index (χ0) is 17.5. The summed E-state index contributed by atoms with van der Waals surface area (Å²) >= 11 is 0. The van der Waals surface area contributed by atoms with E-state index in [0.29, 0.717) is 24.2 Å². The molecule has 0 heterocycles. The van der Waals surface area contributed by atoms with E-state index in [1.807, 2.05) is 30.3 Å². The number of amides is 1. The summed E-state index contributed by atoms with van der Waals surface area (Å²) in [5, 5.41) is 20.7. The molecule has 2 aromatic rings. The maximum atomic E-state index is 12.5. The first-order chi connectivity index (χ1) is 12.2. The molecule has 0 atom stereocenters. The number of anilines is 1. The van der Waals surface area contributed by atoms with Crippen molar-refractivity contribution in [3.05, 3.63) is 54.6 Å².